The van der Waals surface area contributed by atoms with Crippen LogP contribution in [0.2, 0.25) is 15.1 Å². The molecule has 3 rings (SSSR count). The van der Waals surface area contributed by atoms with Crippen molar-refractivity contribution in [3.63, 3.8) is 0 Å². The van der Waals surface area contributed by atoms with Gasteiger partial charge in [-0.15, -0.1) is 0 Å². The van der Waals surface area contributed by atoms with Crippen molar-refractivity contribution in [2.24, 2.45) is 0 Å². The molecule has 0 N–H and O–H groups in total. The van der Waals surface area contributed by atoms with Crippen LogP contribution >= 0.6 is 34.8 Å². The lowest BCUT2D eigenvalue weighted by Crippen LogP contribution is -2.34. The second kappa shape index (κ2) is 10.2. The lowest BCUT2D eigenvalue weighted by atomic mass is 10.2. The Morgan fingerprint density at radius 1 is 1.03 bits per heavy atom. The monoisotopic (exact) mass is 450 g/mol. The number of amides is 1. The third kappa shape index (κ3) is 5.55. The van der Waals surface area contributed by atoms with Crippen LogP contribution in [-0.4, -0.2) is 35.6 Å². The van der Waals surface area contributed by atoms with Gasteiger partial charge in [0, 0.05) is 42.1 Å². The minimum absolute atomic E-state index is 0.172. The summed E-state index contributed by atoms with van der Waals surface area (Å²) >= 11 is 18.5. The van der Waals surface area contributed by atoms with E-state index in [-0.39, 0.29) is 5.91 Å². The summed E-state index contributed by atoms with van der Waals surface area (Å²) in [4.78, 5) is 14.9. The van der Waals surface area contributed by atoms with E-state index in [4.69, 9.17) is 39.5 Å². The Balaban J connectivity index is 1.83. The van der Waals surface area contributed by atoms with Crippen molar-refractivity contribution in [1.82, 2.24) is 9.47 Å². The van der Waals surface area contributed by atoms with Crippen molar-refractivity contribution in [2.75, 3.05) is 20.3 Å². The lowest BCUT2D eigenvalue weighted by Gasteiger charge is -2.24. The fraction of sp³-hybridized carbons (Fsp3) is 0.227. The fourth-order valence-electron chi connectivity index (χ4n) is 3.04. The van der Waals surface area contributed by atoms with Crippen molar-refractivity contribution in [3.8, 4) is 0 Å². The summed E-state index contributed by atoms with van der Waals surface area (Å²) in [6.45, 7) is 1.89. The molecule has 1 amide bonds. The average Bonchev–Trinajstić information content (AvgIpc) is 3.13. The highest BCUT2D eigenvalue weighted by Crippen LogP contribution is 2.23. The summed E-state index contributed by atoms with van der Waals surface area (Å²) in [6.07, 6.45) is 1.98. The van der Waals surface area contributed by atoms with Gasteiger partial charge in [-0.05, 0) is 42.0 Å². The molecule has 0 atom stereocenters. The maximum Gasteiger partial charge on any atom is 0.255 e. The zero-order valence-electron chi connectivity index (χ0n) is 15.9. The van der Waals surface area contributed by atoms with Crippen LogP contribution in [0, 0.1) is 0 Å². The molecule has 7 heteroatoms. The van der Waals surface area contributed by atoms with E-state index in [1.807, 2.05) is 42.6 Å². The number of aromatic nitrogens is 1. The molecular weight excluding hydrogens is 431 g/mol. The Bertz CT molecular complexity index is 988. The molecule has 0 unspecified atom stereocenters. The highest BCUT2D eigenvalue weighted by molar-refractivity contribution is 6.36. The predicted molar refractivity (Wildman–Crippen MR) is 118 cm³/mol. The van der Waals surface area contributed by atoms with Crippen LogP contribution in [0.4, 0.5) is 0 Å². The Kier molecular flexibility index (Phi) is 7.62. The predicted octanol–water partition coefficient (Wildman–Crippen LogP) is 5.79. The number of benzene rings is 2. The van der Waals surface area contributed by atoms with Crippen molar-refractivity contribution in [3.05, 3.63) is 92.7 Å². The molecule has 0 aliphatic heterocycles. The molecule has 2 aromatic carbocycles. The smallest absolute Gasteiger partial charge is 0.255 e. The molecule has 0 saturated heterocycles. The van der Waals surface area contributed by atoms with Crippen molar-refractivity contribution in [2.45, 2.75) is 13.1 Å². The molecule has 0 fully saturated rings. The van der Waals surface area contributed by atoms with Crippen LogP contribution in [0.15, 0.2) is 60.8 Å². The summed E-state index contributed by atoms with van der Waals surface area (Å²) in [6, 6.07) is 16.6. The third-order valence-electron chi connectivity index (χ3n) is 4.59. The average molecular weight is 452 g/mol. The van der Waals surface area contributed by atoms with Gasteiger partial charge in [-0.25, -0.2) is 0 Å². The molecule has 0 saturated carbocycles. The van der Waals surface area contributed by atoms with Crippen LogP contribution in [0.25, 0.3) is 0 Å². The molecular formula is C22H21Cl3N2O2. The van der Waals surface area contributed by atoms with Gasteiger partial charge in [0.05, 0.1) is 23.7 Å². The molecule has 29 heavy (non-hydrogen) atoms. The first-order chi connectivity index (χ1) is 14.0. The molecule has 0 bridgehead atoms. The van der Waals surface area contributed by atoms with Gasteiger partial charge in [-0.2, -0.15) is 0 Å². The van der Waals surface area contributed by atoms with Gasteiger partial charge in [-0.1, -0.05) is 53.0 Å². The summed E-state index contributed by atoms with van der Waals surface area (Å²) in [5.74, 6) is -0.172. The molecule has 1 aromatic heterocycles. The number of hydrogen-bond donors (Lipinski definition) is 0. The minimum atomic E-state index is -0.172. The standard InChI is InChI=1S/C22H21Cl3N2O2/c1-29-12-11-27(22(28)19-9-8-17(23)13-21(19)25)15-18-6-4-10-26(18)14-16-5-2-3-7-20(16)24/h2-10,13H,11-12,14-15H2,1H3. The quantitative estimate of drug-likeness (QED) is 0.435. The first-order valence-electron chi connectivity index (χ1n) is 9.10. The second-order valence-corrected chi connectivity index (χ2v) is 7.81. The Morgan fingerprint density at radius 2 is 1.83 bits per heavy atom. The van der Waals surface area contributed by atoms with Crippen LogP contribution < -0.4 is 0 Å². The minimum Gasteiger partial charge on any atom is -0.383 e. The Morgan fingerprint density at radius 3 is 2.55 bits per heavy atom. The van der Waals surface area contributed by atoms with E-state index < -0.39 is 0 Å². The first-order valence-corrected chi connectivity index (χ1v) is 10.2. The maximum absolute atomic E-state index is 13.1. The lowest BCUT2D eigenvalue weighted by molar-refractivity contribution is 0.0676. The van der Waals surface area contributed by atoms with E-state index in [0.717, 1.165) is 11.3 Å². The van der Waals surface area contributed by atoms with Gasteiger partial charge < -0.3 is 14.2 Å². The molecule has 1 heterocycles. The topological polar surface area (TPSA) is 34.5 Å². The van der Waals surface area contributed by atoms with E-state index >= 15 is 0 Å². The van der Waals surface area contributed by atoms with Gasteiger partial charge in [0.25, 0.3) is 5.91 Å². The number of rotatable bonds is 8. The molecule has 0 spiro atoms. The molecule has 0 aliphatic carbocycles. The van der Waals surface area contributed by atoms with Gasteiger partial charge >= 0.3 is 0 Å². The van der Waals surface area contributed by atoms with E-state index in [9.17, 15) is 4.79 Å². The van der Waals surface area contributed by atoms with Gasteiger partial charge in [0.15, 0.2) is 0 Å². The van der Waals surface area contributed by atoms with E-state index in [0.29, 0.717) is 46.9 Å². The number of carbonyl (C=O) groups is 1. The van der Waals surface area contributed by atoms with Gasteiger partial charge in [0.1, 0.15) is 0 Å². The molecule has 4 nitrogen and oxygen atoms in total. The first kappa shape index (κ1) is 21.7. The number of methoxy groups -OCH3 is 1. The van der Waals surface area contributed by atoms with E-state index in [1.54, 1.807) is 30.2 Å². The number of nitrogens with zero attached hydrogens (tertiary/aromatic N) is 2. The number of hydrogen-bond acceptors (Lipinski definition) is 2. The van der Waals surface area contributed by atoms with Crippen LogP contribution in [0.3, 0.4) is 0 Å². The van der Waals surface area contributed by atoms with Crippen LogP contribution in [-0.2, 0) is 17.8 Å². The Hall–Kier alpha value is -1.98. The van der Waals surface area contributed by atoms with Gasteiger partial charge in [0.2, 0.25) is 0 Å². The SMILES string of the molecule is COCCN(Cc1cccn1Cc1ccccc1Cl)C(=O)c1ccc(Cl)cc1Cl. The van der Waals surface area contributed by atoms with Crippen LogP contribution in [0.5, 0.6) is 0 Å². The fourth-order valence-corrected chi connectivity index (χ4v) is 3.72. The Labute approximate surface area is 185 Å². The normalized spacial score (nSPS) is 10.9. The van der Waals surface area contributed by atoms with Crippen molar-refractivity contribution < 1.29 is 9.53 Å². The molecule has 3 aromatic rings. The van der Waals surface area contributed by atoms with E-state index in [2.05, 4.69) is 4.57 Å². The second-order valence-electron chi connectivity index (χ2n) is 6.56. The zero-order valence-corrected chi connectivity index (χ0v) is 18.2. The molecule has 0 radical (unpaired) electrons. The maximum atomic E-state index is 13.1. The van der Waals surface area contributed by atoms with E-state index in [1.165, 1.54) is 0 Å². The zero-order chi connectivity index (χ0) is 20.8. The number of carbonyl (C=O) groups excluding carboxylic acids is 1. The van der Waals surface area contributed by atoms with Crippen molar-refractivity contribution in [1.29, 1.82) is 0 Å². The van der Waals surface area contributed by atoms with Crippen molar-refractivity contribution >= 4 is 40.7 Å². The van der Waals surface area contributed by atoms with Crippen LogP contribution in [0.1, 0.15) is 21.6 Å². The largest absolute Gasteiger partial charge is 0.383 e. The number of halogens is 3. The van der Waals surface area contributed by atoms with Gasteiger partial charge in [-0.3, -0.25) is 4.79 Å². The summed E-state index contributed by atoms with van der Waals surface area (Å²) < 4.78 is 7.28. The number of ether oxygens (including phenoxy) is 1. The highest BCUT2D eigenvalue weighted by atomic mass is 35.5. The summed E-state index contributed by atoms with van der Waals surface area (Å²) in [7, 11) is 1.61. The molecule has 0 aliphatic rings. The third-order valence-corrected chi connectivity index (χ3v) is 5.51. The molecule has 152 valence electrons. The summed E-state index contributed by atoms with van der Waals surface area (Å²) in [5.41, 5.74) is 2.41. The summed E-state index contributed by atoms with van der Waals surface area (Å²) in [5, 5.41) is 1.53. The highest BCUT2D eigenvalue weighted by Gasteiger charge is 2.20.